The zero-order valence-electron chi connectivity index (χ0n) is 19.2. The van der Waals surface area contributed by atoms with Crippen molar-refractivity contribution in [3.8, 4) is 0 Å². The number of anilines is 1. The molecule has 2 amide bonds. The van der Waals surface area contributed by atoms with Crippen LogP contribution in [0.1, 0.15) is 19.2 Å². The molecular formula is C19H19N6NaO8S2. The molecule has 3 rings (SSSR count). The van der Waals surface area contributed by atoms with Gasteiger partial charge in [-0.2, -0.15) is 9.36 Å². The van der Waals surface area contributed by atoms with Gasteiger partial charge in [-0.15, -0.1) is 11.8 Å². The normalized spacial score (nSPS) is 18.9. The zero-order chi connectivity index (χ0) is 25.7. The maximum atomic E-state index is 12.8. The molecule has 3 heterocycles. The summed E-state index contributed by atoms with van der Waals surface area (Å²) in [5.74, 6) is -4.48. The number of nitrogens with two attached hydrogens (primary N) is 1. The van der Waals surface area contributed by atoms with Crippen LogP contribution in [0.15, 0.2) is 29.1 Å². The second kappa shape index (κ2) is 13.0. The number of carbonyl (C=O) groups excluding carboxylic acids is 5. The van der Waals surface area contributed by atoms with E-state index in [4.69, 9.17) is 15.3 Å². The largest absolute Gasteiger partial charge is 1.00 e. The minimum Gasteiger partial charge on any atom is -0.543 e. The van der Waals surface area contributed by atoms with E-state index in [1.54, 1.807) is 0 Å². The Kier molecular flexibility index (Phi) is 10.6. The summed E-state index contributed by atoms with van der Waals surface area (Å²) >= 11 is 1.97. The second-order valence-corrected chi connectivity index (χ2v) is 9.01. The van der Waals surface area contributed by atoms with Crippen molar-refractivity contribution < 1.29 is 68.2 Å². The number of aromatic nitrogens is 2. The Hall–Kier alpha value is -2.79. The summed E-state index contributed by atoms with van der Waals surface area (Å²) in [5.41, 5.74) is 4.91. The molecule has 0 bridgehead atoms. The van der Waals surface area contributed by atoms with Crippen LogP contribution in [0.5, 0.6) is 0 Å². The average molecular weight is 547 g/mol. The van der Waals surface area contributed by atoms with E-state index in [-0.39, 0.29) is 64.2 Å². The number of hydrogen-bond donors (Lipinski definition) is 2. The summed E-state index contributed by atoms with van der Waals surface area (Å²) in [7, 11) is 0. The molecule has 1 unspecified atom stereocenters. The van der Waals surface area contributed by atoms with E-state index in [1.807, 2.05) is 0 Å². The van der Waals surface area contributed by atoms with Crippen molar-refractivity contribution in [2.24, 2.45) is 5.16 Å². The molecule has 1 aromatic rings. The van der Waals surface area contributed by atoms with Crippen LogP contribution in [0.4, 0.5) is 5.13 Å². The third kappa shape index (κ3) is 6.70. The van der Waals surface area contributed by atoms with Gasteiger partial charge in [0, 0.05) is 22.9 Å². The molecule has 0 radical (unpaired) electrons. The van der Waals surface area contributed by atoms with Crippen molar-refractivity contribution in [1.82, 2.24) is 19.6 Å². The number of carboxylic acids is 1. The standard InChI is InChI=1S/C19H20N6O8S2.Na/c1-3-4-33-23-11(14-22-19(20)35-24-14)15(28)21-12-16(29)25-13(18(30)31)9(7-34-17(12)25)6-32-10(27)5-8(2)26;/h3,12,17H,1,4-7H2,2H3,(H,21,28)(H,30,31)(H2,20,22,24);/q;+1/p-1/t12?,17-;/m0./s1. The number of nitrogen functional groups attached to an aromatic ring is 1. The van der Waals surface area contributed by atoms with E-state index >= 15 is 0 Å². The molecule has 36 heavy (non-hydrogen) atoms. The van der Waals surface area contributed by atoms with Gasteiger partial charge in [0.2, 0.25) is 11.5 Å². The molecule has 0 aliphatic carbocycles. The van der Waals surface area contributed by atoms with Gasteiger partial charge >= 0.3 is 35.5 Å². The third-order valence-electron chi connectivity index (χ3n) is 4.54. The van der Waals surface area contributed by atoms with Gasteiger partial charge in [-0.1, -0.05) is 17.8 Å². The number of fused-ring (bicyclic) bond motifs is 1. The molecule has 186 valence electrons. The fourth-order valence-corrected chi connectivity index (χ4v) is 4.85. The average Bonchev–Trinajstić information content (AvgIpc) is 3.23. The van der Waals surface area contributed by atoms with Gasteiger partial charge in [0.1, 0.15) is 36.8 Å². The first-order valence-corrected chi connectivity index (χ1v) is 11.7. The number of ketones is 1. The van der Waals surface area contributed by atoms with Crippen LogP contribution < -0.4 is 45.7 Å². The van der Waals surface area contributed by atoms with E-state index in [1.165, 1.54) is 13.0 Å². The Bertz CT molecular complexity index is 1150. The number of aliphatic carboxylic acids is 1. The van der Waals surface area contributed by atoms with E-state index in [0.717, 1.165) is 28.2 Å². The van der Waals surface area contributed by atoms with Gasteiger partial charge < -0.3 is 30.5 Å². The molecule has 0 saturated carbocycles. The molecule has 14 nitrogen and oxygen atoms in total. The number of esters is 1. The fourth-order valence-electron chi connectivity index (χ4n) is 3.08. The molecule has 2 aliphatic rings. The Morgan fingerprint density at radius 3 is 2.69 bits per heavy atom. The van der Waals surface area contributed by atoms with Crippen LogP contribution in [0.2, 0.25) is 0 Å². The number of rotatable bonds is 11. The number of carboxylic acid groups (broad SMARTS) is 1. The molecule has 0 spiro atoms. The molecule has 0 aromatic carbocycles. The van der Waals surface area contributed by atoms with Crippen LogP contribution >= 0.6 is 23.3 Å². The Morgan fingerprint density at radius 2 is 2.11 bits per heavy atom. The number of oxime groups is 1. The zero-order valence-corrected chi connectivity index (χ0v) is 22.8. The maximum Gasteiger partial charge on any atom is 1.00 e. The smallest absolute Gasteiger partial charge is 0.543 e. The molecule has 3 N–H and O–H groups in total. The van der Waals surface area contributed by atoms with Gasteiger partial charge in [-0.05, 0) is 6.92 Å². The van der Waals surface area contributed by atoms with E-state index in [0.29, 0.717) is 0 Å². The van der Waals surface area contributed by atoms with Gasteiger partial charge in [-0.25, -0.2) is 0 Å². The molecule has 2 aliphatic heterocycles. The summed E-state index contributed by atoms with van der Waals surface area (Å²) < 4.78 is 8.86. The van der Waals surface area contributed by atoms with Crippen molar-refractivity contribution in [3.05, 3.63) is 29.7 Å². The number of amides is 2. The summed E-state index contributed by atoms with van der Waals surface area (Å²) in [6.07, 6.45) is 0.941. The van der Waals surface area contributed by atoms with Crippen LogP contribution in [-0.4, -0.2) is 79.9 Å². The van der Waals surface area contributed by atoms with Gasteiger partial charge in [0.05, 0.1) is 11.7 Å². The molecular weight excluding hydrogens is 527 g/mol. The SMILES string of the molecule is C=CCON=C(C(=O)NC1C(=O)N2C(C(=O)[O-])=C(COC(=O)CC(C)=O)CS[C@@H]12)c1nsc(N)n1.[Na+]. The summed E-state index contributed by atoms with van der Waals surface area (Å²) in [6.45, 7) is 4.25. The predicted octanol–water partition coefficient (Wildman–Crippen LogP) is -5.04. The first-order valence-electron chi connectivity index (χ1n) is 9.88. The van der Waals surface area contributed by atoms with Crippen molar-refractivity contribution in [3.63, 3.8) is 0 Å². The Morgan fingerprint density at radius 1 is 1.39 bits per heavy atom. The van der Waals surface area contributed by atoms with Crippen molar-refractivity contribution >= 4 is 63.7 Å². The molecule has 1 fully saturated rings. The molecule has 1 saturated heterocycles. The first-order chi connectivity index (χ1) is 16.6. The number of Topliss-reactive ketones (excluding diaryl/α,β-unsaturated/α-hetero) is 1. The van der Waals surface area contributed by atoms with Crippen LogP contribution in [-0.2, 0) is 33.5 Å². The minimum absolute atomic E-state index is 0. The Balaban J connectivity index is 0.00000456. The Labute approximate surface area is 234 Å². The topological polar surface area (TPSA) is 206 Å². The third-order valence-corrected chi connectivity index (χ3v) is 6.43. The second-order valence-electron chi connectivity index (χ2n) is 7.12. The number of ether oxygens (including phenoxy) is 1. The molecule has 1 aromatic heterocycles. The van der Waals surface area contributed by atoms with Gasteiger partial charge in [0.15, 0.2) is 5.13 Å². The van der Waals surface area contributed by atoms with E-state index in [2.05, 4.69) is 26.4 Å². The number of carbonyl (C=O) groups is 5. The number of nitrogens with one attached hydrogen (secondary N) is 1. The van der Waals surface area contributed by atoms with Crippen LogP contribution in [0.25, 0.3) is 0 Å². The molecule has 17 heteroatoms. The number of hydrogen-bond acceptors (Lipinski definition) is 14. The number of thioether (sulfide) groups is 1. The summed E-state index contributed by atoms with van der Waals surface area (Å²) in [6, 6.07) is -1.09. The maximum absolute atomic E-state index is 12.8. The van der Waals surface area contributed by atoms with Crippen LogP contribution in [0.3, 0.4) is 0 Å². The van der Waals surface area contributed by atoms with E-state index < -0.39 is 59.7 Å². The molecule has 2 atom stereocenters. The fraction of sp³-hybridized carbons (Fsp3) is 0.368. The van der Waals surface area contributed by atoms with Gasteiger partial charge in [0.25, 0.3) is 11.8 Å². The number of nitrogens with zero attached hydrogens (tertiary/aromatic N) is 4. The van der Waals surface area contributed by atoms with Crippen molar-refractivity contribution in [2.75, 3.05) is 24.7 Å². The summed E-state index contributed by atoms with van der Waals surface area (Å²) in [4.78, 5) is 69.9. The predicted molar refractivity (Wildman–Crippen MR) is 120 cm³/mol. The van der Waals surface area contributed by atoms with Gasteiger partial charge in [-0.3, -0.25) is 24.1 Å². The van der Waals surface area contributed by atoms with Crippen molar-refractivity contribution in [1.29, 1.82) is 0 Å². The summed E-state index contributed by atoms with van der Waals surface area (Å²) in [5, 5.41) is 17.3. The minimum atomic E-state index is -1.65. The number of β-lactam (4-membered cyclic amide) rings is 1. The van der Waals surface area contributed by atoms with Crippen LogP contribution in [0, 0.1) is 0 Å². The monoisotopic (exact) mass is 546 g/mol. The van der Waals surface area contributed by atoms with Crippen molar-refractivity contribution in [2.45, 2.75) is 24.8 Å². The first kappa shape index (κ1) is 29.4. The van der Waals surface area contributed by atoms with E-state index in [9.17, 15) is 29.1 Å². The quantitative estimate of drug-likeness (QED) is 0.0391.